The molecule has 1 aliphatic rings. The average Bonchev–Trinajstić information content (AvgIpc) is 2.54. The van der Waals surface area contributed by atoms with Gasteiger partial charge < -0.3 is 15.1 Å². The number of carbonyl (C=O) groups excluding carboxylic acids is 1. The molecule has 1 fully saturated rings. The fourth-order valence-corrected chi connectivity index (χ4v) is 2.49. The molecule has 0 radical (unpaired) electrons. The van der Waals surface area contributed by atoms with Gasteiger partial charge in [-0.2, -0.15) is 0 Å². The number of nitrogens with zero attached hydrogens (tertiary/aromatic N) is 4. The maximum absolute atomic E-state index is 12.5. The van der Waals surface area contributed by atoms with E-state index in [-0.39, 0.29) is 18.8 Å². The van der Waals surface area contributed by atoms with Gasteiger partial charge in [-0.25, -0.2) is 9.97 Å². The topological polar surface area (TPSA) is 124 Å². The number of hydrogen-bond donors (Lipinski definition) is 2. The number of aliphatic carboxylic acids is 1. The van der Waals surface area contributed by atoms with Gasteiger partial charge in [-0.05, 0) is 13.8 Å². The molecule has 2 heterocycles. The number of rotatable bonds is 4. The van der Waals surface area contributed by atoms with Gasteiger partial charge in [0.2, 0.25) is 0 Å². The van der Waals surface area contributed by atoms with Crippen molar-refractivity contribution in [1.82, 2.24) is 19.8 Å². The summed E-state index contributed by atoms with van der Waals surface area (Å²) < 4.78 is 0. The van der Waals surface area contributed by atoms with Crippen LogP contribution in [0.1, 0.15) is 28.2 Å². The van der Waals surface area contributed by atoms with Crippen molar-refractivity contribution >= 4 is 18.3 Å². The second-order valence-corrected chi connectivity index (χ2v) is 5.30. The maximum atomic E-state index is 12.5. The van der Waals surface area contributed by atoms with Crippen molar-refractivity contribution < 1.29 is 24.6 Å². The number of carboxylic acid groups (broad SMARTS) is 2. The van der Waals surface area contributed by atoms with Gasteiger partial charge in [0.25, 0.3) is 12.4 Å². The van der Waals surface area contributed by atoms with Crippen LogP contribution in [0.15, 0.2) is 6.33 Å². The van der Waals surface area contributed by atoms with Crippen molar-refractivity contribution in [2.75, 3.05) is 32.7 Å². The predicted octanol–water partition coefficient (Wildman–Crippen LogP) is 0.0267. The van der Waals surface area contributed by atoms with Gasteiger partial charge in [0.05, 0.1) is 23.4 Å². The Labute approximate surface area is 139 Å². The van der Waals surface area contributed by atoms with Crippen LogP contribution in [0.5, 0.6) is 0 Å². The molecule has 0 aliphatic carbocycles. The van der Waals surface area contributed by atoms with E-state index in [1.807, 2.05) is 13.8 Å². The van der Waals surface area contributed by atoms with Crippen LogP contribution >= 0.6 is 0 Å². The molecule has 1 saturated heterocycles. The first-order valence-electron chi connectivity index (χ1n) is 7.50. The van der Waals surface area contributed by atoms with Crippen LogP contribution in [0.25, 0.3) is 0 Å². The lowest BCUT2D eigenvalue weighted by atomic mass is 10.1. The number of carbonyl (C=O) groups is 3. The molecule has 1 aliphatic heterocycles. The van der Waals surface area contributed by atoms with E-state index in [9.17, 15) is 9.59 Å². The average molecular weight is 338 g/mol. The highest BCUT2D eigenvalue weighted by molar-refractivity contribution is 5.96. The molecule has 1 amide bonds. The smallest absolute Gasteiger partial charge is 0.304 e. The maximum Gasteiger partial charge on any atom is 0.304 e. The molecule has 9 nitrogen and oxygen atoms in total. The Bertz CT molecular complexity index is 565. The number of aryl methyl sites for hydroxylation is 2. The Balaban J connectivity index is 0.000000891. The summed E-state index contributed by atoms with van der Waals surface area (Å²) in [6.07, 6.45) is 1.60. The first-order chi connectivity index (χ1) is 11.4. The van der Waals surface area contributed by atoms with Crippen LogP contribution in [0, 0.1) is 13.8 Å². The molecule has 9 heteroatoms. The van der Waals surface area contributed by atoms with E-state index in [1.54, 1.807) is 4.90 Å². The lowest BCUT2D eigenvalue weighted by Gasteiger charge is -2.34. The van der Waals surface area contributed by atoms with Crippen LogP contribution in [0.4, 0.5) is 0 Å². The van der Waals surface area contributed by atoms with Crippen molar-refractivity contribution in [3.8, 4) is 0 Å². The number of carboxylic acids is 1. The Hall–Kier alpha value is -2.55. The minimum atomic E-state index is -0.791. The van der Waals surface area contributed by atoms with Crippen molar-refractivity contribution in [2.24, 2.45) is 0 Å². The van der Waals surface area contributed by atoms with E-state index < -0.39 is 5.97 Å². The summed E-state index contributed by atoms with van der Waals surface area (Å²) in [6.45, 7) is 6.51. The normalized spacial score (nSPS) is 14.5. The fraction of sp³-hybridized carbons (Fsp3) is 0.533. The molecule has 1 aromatic heterocycles. The Morgan fingerprint density at radius 2 is 1.67 bits per heavy atom. The van der Waals surface area contributed by atoms with Gasteiger partial charge in [-0.1, -0.05) is 0 Å². The zero-order valence-corrected chi connectivity index (χ0v) is 13.8. The molecule has 0 bridgehead atoms. The summed E-state index contributed by atoms with van der Waals surface area (Å²) >= 11 is 0. The summed E-state index contributed by atoms with van der Waals surface area (Å²) in [4.78, 5) is 43.5. The van der Waals surface area contributed by atoms with Crippen LogP contribution in [-0.2, 0) is 9.59 Å². The largest absolute Gasteiger partial charge is 0.483 e. The first-order valence-corrected chi connectivity index (χ1v) is 7.50. The van der Waals surface area contributed by atoms with Gasteiger partial charge in [-0.15, -0.1) is 0 Å². The number of aromatic nitrogens is 2. The molecule has 2 rings (SSSR count). The second-order valence-electron chi connectivity index (χ2n) is 5.30. The SMILES string of the molecule is Cc1ncnc(C)c1C(=O)N1CCN(CCC(=O)O)CC1.O=CO. The highest BCUT2D eigenvalue weighted by Crippen LogP contribution is 2.13. The zero-order chi connectivity index (χ0) is 18.1. The quantitative estimate of drug-likeness (QED) is 0.737. The summed E-state index contributed by atoms with van der Waals surface area (Å²) in [5, 5.41) is 15.6. The van der Waals surface area contributed by atoms with E-state index in [0.29, 0.717) is 49.7 Å². The van der Waals surface area contributed by atoms with Crippen molar-refractivity contribution in [3.63, 3.8) is 0 Å². The van der Waals surface area contributed by atoms with E-state index in [0.717, 1.165) is 0 Å². The third-order valence-corrected chi connectivity index (χ3v) is 3.74. The van der Waals surface area contributed by atoms with Gasteiger partial charge in [0.1, 0.15) is 6.33 Å². The highest BCUT2D eigenvalue weighted by Gasteiger charge is 2.25. The molecule has 1 aromatic rings. The van der Waals surface area contributed by atoms with Crippen LogP contribution in [0.3, 0.4) is 0 Å². The van der Waals surface area contributed by atoms with Crippen LogP contribution in [-0.4, -0.2) is 81.1 Å². The lowest BCUT2D eigenvalue weighted by molar-refractivity contribution is -0.137. The van der Waals surface area contributed by atoms with Gasteiger partial charge in [-0.3, -0.25) is 19.3 Å². The number of amides is 1. The first kappa shape index (κ1) is 19.5. The summed E-state index contributed by atoms with van der Waals surface area (Å²) in [6, 6.07) is 0. The molecule has 0 saturated carbocycles. The van der Waals surface area contributed by atoms with Crippen molar-refractivity contribution in [3.05, 3.63) is 23.3 Å². The van der Waals surface area contributed by atoms with Gasteiger partial charge in [0, 0.05) is 32.7 Å². The van der Waals surface area contributed by atoms with Gasteiger partial charge in [0.15, 0.2) is 0 Å². The molecule has 0 unspecified atom stereocenters. The second kappa shape index (κ2) is 9.56. The minimum Gasteiger partial charge on any atom is -0.483 e. The van der Waals surface area contributed by atoms with E-state index in [2.05, 4.69) is 14.9 Å². The fourth-order valence-electron chi connectivity index (χ4n) is 2.49. The molecular weight excluding hydrogens is 316 g/mol. The summed E-state index contributed by atoms with van der Waals surface area (Å²) in [7, 11) is 0. The molecule has 0 spiro atoms. The molecule has 2 N–H and O–H groups in total. The van der Waals surface area contributed by atoms with E-state index in [4.69, 9.17) is 15.0 Å². The highest BCUT2D eigenvalue weighted by atomic mass is 16.4. The summed E-state index contributed by atoms with van der Waals surface area (Å²) in [5.74, 6) is -0.829. The third-order valence-electron chi connectivity index (χ3n) is 3.74. The third kappa shape index (κ3) is 5.58. The molecule has 24 heavy (non-hydrogen) atoms. The Kier molecular flexibility index (Phi) is 7.76. The van der Waals surface area contributed by atoms with Gasteiger partial charge >= 0.3 is 5.97 Å². The van der Waals surface area contributed by atoms with E-state index in [1.165, 1.54) is 6.33 Å². The zero-order valence-electron chi connectivity index (χ0n) is 13.8. The molecular formula is C15H22N4O5. The monoisotopic (exact) mass is 338 g/mol. The van der Waals surface area contributed by atoms with Crippen LogP contribution in [0.2, 0.25) is 0 Å². The molecule has 0 aromatic carbocycles. The van der Waals surface area contributed by atoms with E-state index >= 15 is 0 Å². The molecule has 0 atom stereocenters. The Morgan fingerprint density at radius 3 is 2.12 bits per heavy atom. The predicted molar refractivity (Wildman–Crippen MR) is 84.8 cm³/mol. The minimum absolute atomic E-state index is 0.0384. The van der Waals surface area contributed by atoms with Crippen LogP contribution < -0.4 is 0 Å². The standard InChI is InChI=1S/C14H20N4O3.CH2O2/c1-10-13(11(2)16-9-15-10)14(21)18-7-5-17(6-8-18)4-3-12(19)20;2-1-3/h9H,3-8H2,1-2H3,(H,19,20);1H,(H,2,3). The van der Waals surface area contributed by atoms with Crippen molar-refractivity contribution in [2.45, 2.75) is 20.3 Å². The molecule has 132 valence electrons. The van der Waals surface area contributed by atoms with Crippen molar-refractivity contribution in [1.29, 1.82) is 0 Å². The number of hydrogen-bond acceptors (Lipinski definition) is 6. The summed E-state index contributed by atoms with van der Waals surface area (Å²) in [5.41, 5.74) is 1.97. The Morgan fingerprint density at radius 1 is 1.17 bits per heavy atom. The number of piperazine rings is 1. The lowest BCUT2D eigenvalue weighted by Crippen LogP contribution is -2.49.